The van der Waals surface area contributed by atoms with Gasteiger partial charge in [-0.3, -0.25) is 4.90 Å². The van der Waals surface area contributed by atoms with Crippen LogP contribution in [-0.2, 0) is 13.0 Å². The molecule has 0 N–H and O–H groups in total. The van der Waals surface area contributed by atoms with E-state index in [2.05, 4.69) is 73.5 Å². The Bertz CT molecular complexity index is 672. The van der Waals surface area contributed by atoms with Crippen LogP contribution in [0.3, 0.4) is 0 Å². The highest BCUT2D eigenvalue weighted by Crippen LogP contribution is 2.23. The first-order chi connectivity index (χ1) is 10.2. The minimum absolute atomic E-state index is 0.478. The molecule has 1 heterocycles. The maximum Gasteiger partial charge on any atom is 0.0954 e. The van der Waals surface area contributed by atoms with Crippen molar-refractivity contribution in [3.05, 3.63) is 65.2 Å². The quantitative estimate of drug-likeness (QED) is 0.695. The predicted octanol–water partition coefficient (Wildman–Crippen LogP) is 4.36. The first-order valence-corrected chi connectivity index (χ1v) is 8.12. The van der Waals surface area contributed by atoms with E-state index in [9.17, 15) is 0 Å². The zero-order valence-electron chi connectivity index (χ0n) is 12.5. The van der Waals surface area contributed by atoms with Crippen LogP contribution in [0, 0.1) is 0 Å². The molecule has 21 heavy (non-hydrogen) atoms. The van der Waals surface area contributed by atoms with Crippen LogP contribution >= 0.6 is 11.3 Å². The molecule has 3 aromatic rings. The summed E-state index contributed by atoms with van der Waals surface area (Å²) in [4.78, 5) is 7.12. The molecule has 0 aliphatic carbocycles. The maximum absolute atomic E-state index is 4.73. The molecular weight excluding hydrogens is 276 g/mol. The number of rotatable bonds is 5. The number of aromatic nitrogens is 1. The predicted molar refractivity (Wildman–Crippen MR) is 90.7 cm³/mol. The summed E-state index contributed by atoms with van der Waals surface area (Å²) in [6, 6.07) is 19.5. The molecule has 0 saturated heterocycles. The zero-order valence-corrected chi connectivity index (χ0v) is 13.3. The van der Waals surface area contributed by atoms with Gasteiger partial charge in [-0.25, -0.2) is 4.98 Å². The second-order valence-electron chi connectivity index (χ2n) is 5.53. The molecular formula is C18H20N2S. The van der Waals surface area contributed by atoms with Crippen molar-refractivity contribution in [2.75, 3.05) is 7.05 Å². The normalized spacial score (nSPS) is 12.9. The number of likely N-dealkylation sites (N-methyl/N-ethyl adjacent to an activating group) is 1. The Kier molecular flexibility index (Phi) is 4.32. The molecule has 1 aromatic heterocycles. The van der Waals surface area contributed by atoms with E-state index in [0.29, 0.717) is 6.04 Å². The molecule has 0 saturated carbocycles. The number of nitrogens with zero attached hydrogens (tertiary/aromatic N) is 2. The third-order valence-electron chi connectivity index (χ3n) is 3.84. The SMILES string of the molecule is C[C@@H](Cc1nc2ccccc2s1)N(C)Cc1ccccc1. The third kappa shape index (κ3) is 3.49. The summed E-state index contributed by atoms with van der Waals surface area (Å²) in [6.45, 7) is 3.25. The standard InChI is InChI=1S/C18H20N2S/c1-14(20(2)13-15-8-4-3-5-9-15)12-18-19-16-10-6-7-11-17(16)21-18/h3-11,14H,12-13H2,1-2H3/t14-/m0/s1. The molecule has 3 rings (SSSR count). The lowest BCUT2D eigenvalue weighted by atomic mass is 10.1. The van der Waals surface area contributed by atoms with E-state index in [4.69, 9.17) is 4.98 Å². The molecule has 0 radical (unpaired) electrons. The lowest BCUT2D eigenvalue weighted by molar-refractivity contribution is 0.248. The van der Waals surface area contributed by atoms with Crippen LogP contribution in [0.4, 0.5) is 0 Å². The fourth-order valence-electron chi connectivity index (χ4n) is 2.44. The molecule has 0 aliphatic rings. The number of thiazole rings is 1. The zero-order chi connectivity index (χ0) is 14.7. The van der Waals surface area contributed by atoms with Gasteiger partial charge in [-0.2, -0.15) is 0 Å². The second-order valence-corrected chi connectivity index (χ2v) is 6.64. The lowest BCUT2D eigenvalue weighted by Crippen LogP contribution is -2.30. The van der Waals surface area contributed by atoms with Gasteiger partial charge in [0.2, 0.25) is 0 Å². The molecule has 0 fully saturated rings. The topological polar surface area (TPSA) is 16.1 Å². The Hall–Kier alpha value is -1.71. The van der Waals surface area contributed by atoms with Crippen LogP contribution in [0.15, 0.2) is 54.6 Å². The fraction of sp³-hybridized carbons (Fsp3) is 0.278. The van der Waals surface area contributed by atoms with Crippen molar-refractivity contribution in [2.45, 2.75) is 25.9 Å². The largest absolute Gasteiger partial charge is 0.299 e. The number of para-hydroxylation sites is 1. The molecule has 2 aromatic carbocycles. The van der Waals surface area contributed by atoms with E-state index in [1.807, 2.05) is 11.3 Å². The highest BCUT2D eigenvalue weighted by atomic mass is 32.1. The summed E-state index contributed by atoms with van der Waals surface area (Å²) < 4.78 is 1.28. The van der Waals surface area contributed by atoms with Gasteiger partial charge in [0.15, 0.2) is 0 Å². The minimum Gasteiger partial charge on any atom is -0.299 e. The monoisotopic (exact) mass is 296 g/mol. The smallest absolute Gasteiger partial charge is 0.0954 e. The van der Waals surface area contributed by atoms with Crippen molar-refractivity contribution >= 4 is 21.6 Å². The van der Waals surface area contributed by atoms with Crippen molar-refractivity contribution in [3.63, 3.8) is 0 Å². The van der Waals surface area contributed by atoms with E-state index < -0.39 is 0 Å². The Morgan fingerprint density at radius 2 is 1.76 bits per heavy atom. The Labute approximate surface area is 130 Å². The molecule has 0 amide bonds. The van der Waals surface area contributed by atoms with Gasteiger partial charge in [-0.15, -0.1) is 11.3 Å². The number of hydrogen-bond acceptors (Lipinski definition) is 3. The average Bonchev–Trinajstić information content (AvgIpc) is 2.90. The van der Waals surface area contributed by atoms with Gasteiger partial charge < -0.3 is 0 Å². The van der Waals surface area contributed by atoms with E-state index >= 15 is 0 Å². The van der Waals surface area contributed by atoms with E-state index in [1.165, 1.54) is 15.3 Å². The van der Waals surface area contributed by atoms with Crippen LogP contribution in [0.5, 0.6) is 0 Å². The fourth-order valence-corrected chi connectivity index (χ4v) is 3.53. The summed E-state index contributed by atoms with van der Waals surface area (Å²) in [5.74, 6) is 0. The minimum atomic E-state index is 0.478. The van der Waals surface area contributed by atoms with Gasteiger partial charge in [0.25, 0.3) is 0 Å². The molecule has 3 heteroatoms. The van der Waals surface area contributed by atoms with Gasteiger partial charge in [0.1, 0.15) is 0 Å². The Morgan fingerprint density at radius 1 is 1.05 bits per heavy atom. The molecule has 2 nitrogen and oxygen atoms in total. The first-order valence-electron chi connectivity index (χ1n) is 7.31. The number of benzene rings is 2. The summed E-state index contributed by atoms with van der Waals surface area (Å²) in [7, 11) is 2.19. The molecule has 0 bridgehead atoms. The molecule has 0 spiro atoms. The van der Waals surface area contributed by atoms with Crippen LogP contribution in [0.25, 0.3) is 10.2 Å². The number of fused-ring (bicyclic) bond motifs is 1. The summed E-state index contributed by atoms with van der Waals surface area (Å²) in [6.07, 6.45) is 1.00. The maximum atomic E-state index is 4.73. The van der Waals surface area contributed by atoms with Crippen molar-refractivity contribution < 1.29 is 0 Å². The van der Waals surface area contributed by atoms with Gasteiger partial charge in [-0.1, -0.05) is 42.5 Å². The highest BCUT2D eigenvalue weighted by Gasteiger charge is 2.13. The summed E-state index contributed by atoms with van der Waals surface area (Å²) in [5.41, 5.74) is 2.48. The van der Waals surface area contributed by atoms with Crippen molar-refractivity contribution in [3.8, 4) is 0 Å². The lowest BCUT2D eigenvalue weighted by Gasteiger charge is -2.24. The third-order valence-corrected chi connectivity index (χ3v) is 4.89. The van der Waals surface area contributed by atoms with Crippen molar-refractivity contribution in [1.29, 1.82) is 0 Å². The molecule has 1 atom stereocenters. The Morgan fingerprint density at radius 3 is 2.52 bits per heavy atom. The number of hydrogen-bond donors (Lipinski definition) is 0. The van der Waals surface area contributed by atoms with Crippen molar-refractivity contribution in [2.24, 2.45) is 0 Å². The van der Waals surface area contributed by atoms with Crippen LogP contribution < -0.4 is 0 Å². The first kappa shape index (κ1) is 14.2. The van der Waals surface area contributed by atoms with Gasteiger partial charge in [0.05, 0.1) is 15.2 Å². The van der Waals surface area contributed by atoms with Crippen LogP contribution in [0.2, 0.25) is 0 Å². The molecule has 0 aliphatic heterocycles. The summed E-state index contributed by atoms with van der Waals surface area (Å²) >= 11 is 1.81. The van der Waals surface area contributed by atoms with Crippen molar-refractivity contribution in [1.82, 2.24) is 9.88 Å². The molecule has 108 valence electrons. The Balaban J connectivity index is 1.66. The van der Waals surface area contributed by atoms with E-state index in [0.717, 1.165) is 18.5 Å². The van der Waals surface area contributed by atoms with Crippen LogP contribution in [0.1, 0.15) is 17.5 Å². The second kappa shape index (κ2) is 6.37. The van der Waals surface area contributed by atoms with E-state index in [1.54, 1.807) is 0 Å². The summed E-state index contributed by atoms with van der Waals surface area (Å²) in [5, 5.41) is 1.23. The molecule has 0 unspecified atom stereocenters. The van der Waals surface area contributed by atoms with Crippen LogP contribution in [-0.4, -0.2) is 23.0 Å². The average molecular weight is 296 g/mol. The van der Waals surface area contributed by atoms with E-state index in [-0.39, 0.29) is 0 Å². The van der Waals surface area contributed by atoms with Gasteiger partial charge in [0, 0.05) is 19.0 Å². The highest BCUT2D eigenvalue weighted by molar-refractivity contribution is 7.18. The van der Waals surface area contributed by atoms with Gasteiger partial charge in [-0.05, 0) is 31.7 Å². The van der Waals surface area contributed by atoms with Gasteiger partial charge >= 0.3 is 0 Å².